The molecule has 5 rings (SSSR count). The Labute approximate surface area is 198 Å². The Bertz CT molecular complexity index is 979. The Kier molecular flexibility index (Phi) is 5.96. The summed E-state index contributed by atoms with van der Waals surface area (Å²) in [4.78, 5) is 20.6. The van der Waals surface area contributed by atoms with Crippen molar-refractivity contribution >= 4 is 18.4 Å². The molecule has 0 spiro atoms. The number of hydrogen-bond acceptors (Lipinski definition) is 5. The number of aromatic nitrogens is 1. The van der Waals surface area contributed by atoms with E-state index >= 15 is 0 Å². The zero-order valence-corrected chi connectivity index (χ0v) is 20.3. The highest BCUT2D eigenvalue weighted by molar-refractivity contribution is 6.62. The van der Waals surface area contributed by atoms with Crippen molar-refractivity contribution in [2.24, 2.45) is 5.92 Å². The third-order valence-electron chi connectivity index (χ3n) is 8.27. The van der Waals surface area contributed by atoms with Gasteiger partial charge in [-0.3, -0.25) is 14.7 Å². The van der Waals surface area contributed by atoms with Crippen LogP contribution in [0.2, 0.25) is 0 Å². The lowest BCUT2D eigenvalue weighted by molar-refractivity contribution is 0.00578. The number of carbonyl (C=O) groups excluding carboxylic acids is 1. The van der Waals surface area contributed by atoms with Gasteiger partial charge in [0.25, 0.3) is 0 Å². The fraction of sp³-hybridized carbons (Fsp3) is 0.556. The summed E-state index contributed by atoms with van der Waals surface area (Å²) in [6.45, 7) is 9.14. The number of pyridine rings is 1. The summed E-state index contributed by atoms with van der Waals surface area (Å²) in [6.07, 6.45) is 8.96. The molecule has 0 saturated carbocycles. The van der Waals surface area contributed by atoms with Crippen molar-refractivity contribution in [2.45, 2.75) is 89.6 Å². The van der Waals surface area contributed by atoms with Gasteiger partial charge >= 0.3 is 7.12 Å². The van der Waals surface area contributed by atoms with Crippen molar-refractivity contribution in [2.75, 3.05) is 0 Å². The van der Waals surface area contributed by atoms with E-state index in [0.717, 1.165) is 24.8 Å². The topological polar surface area (TPSA) is 51.7 Å². The van der Waals surface area contributed by atoms with Gasteiger partial charge in [-0.25, -0.2) is 0 Å². The van der Waals surface area contributed by atoms with Crippen LogP contribution in [0.1, 0.15) is 75.7 Å². The van der Waals surface area contributed by atoms with Gasteiger partial charge in [-0.05, 0) is 65.0 Å². The molecule has 6 heteroatoms. The van der Waals surface area contributed by atoms with E-state index in [1.165, 1.54) is 24.8 Å². The summed E-state index contributed by atoms with van der Waals surface area (Å²) in [5.41, 5.74) is 2.03. The Morgan fingerprint density at radius 3 is 2.30 bits per heavy atom. The van der Waals surface area contributed by atoms with Crippen LogP contribution in [0.15, 0.2) is 48.8 Å². The van der Waals surface area contributed by atoms with E-state index in [-0.39, 0.29) is 11.7 Å². The summed E-state index contributed by atoms with van der Waals surface area (Å²) < 4.78 is 12.4. The minimum Gasteiger partial charge on any atom is -0.399 e. The van der Waals surface area contributed by atoms with Gasteiger partial charge in [-0.1, -0.05) is 36.8 Å². The van der Waals surface area contributed by atoms with Crippen LogP contribution in [0.5, 0.6) is 0 Å². The average molecular weight is 446 g/mol. The molecule has 0 amide bonds. The smallest absolute Gasteiger partial charge is 0.399 e. The summed E-state index contributed by atoms with van der Waals surface area (Å²) in [5.74, 6) is 0.278. The van der Waals surface area contributed by atoms with Crippen molar-refractivity contribution in [1.82, 2.24) is 9.88 Å². The standard InChI is InChI=1S/C27H35BN2O3/c1-26(2)27(3,4)33-28(32-26)22-13-21(16-29-17-22)25(31)20-14-23-11-8-12-24(15-20)30(23)18-19-9-6-5-7-10-19/h5-7,9-10,13,16-17,20,23-24H,8,11-12,14-15,18H2,1-4H3. The maximum atomic E-state index is 13.6. The first-order chi connectivity index (χ1) is 15.7. The predicted octanol–water partition coefficient (Wildman–Crippen LogP) is 4.40. The number of fused-ring (bicyclic) bond motifs is 2. The van der Waals surface area contributed by atoms with Gasteiger partial charge in [-0.15, -0.1) is 0 Å². The summed E-state index contributed by atoms with van der Waals surface area (Å²) in [6, 6.07) is 13.6. The first-order valence-corrected chi connectivity index (χ1v) is 12.4. The van der Waals surface area contributed by atoms with Crippen molar-refractivity contribution in [3.8, 4) is 0 Å². The summed E-state index contributed by atoms with van der Waals surface area (Å²) in [5, 5.41) is 0. The van der Waals surface area contributed by atoms with Crippen LogP contribution in [0.25, 0.3) is 0 Å². The molecule has 33 heavy (non-hydrogen) atoms. The highest BCUT2D eigenvalue weighted by Gasteiger charge is 2.52. The maximum absolute atomic E-state index is 13.6. The summed E-state index contributed by atoms with van der Waals surface area (Å²) >= 11 is 0. The first kappa shape index (κ1) is 22.8. The lowest BCUT2D eigenvalue weighted by atomic mass is 9.74. The average Bonchev–Trinajstić information content (AvgIpc) is 3.01. The molecule has 2 atom stereocenters. The largest absolute Gasteiger partial charge is 0.496 e. The highest BCUT2D eigenvalue weighted by atomic mass is 16.7. The highest BCUT2D eigenvalue weighted by Crippen LogP contribution is 2.39. The molecule has 1 aromatic carbocycles. The Hall–Kier alpha value is -2.02. The van der Waals surface area contributed by atoms with Crippen LogP contribution >= 0.6 is 0 Å². The molecule has 3 aliphatic rings. The number of rotatable bonds is 5. The Balaban J connectivity index is 1.30. The van der Waals surface area contributed by atoms with Gasteiger partial charge in [0, 0.05) is 48.0 Å². The minimum absolute atomic E-state index is 0.0580. The van der Waals surface area contributed by atoms with E-state index in [2.05, 4.69) is 40.2 Å². The van der Waals surface area contributed by atoms with Crippen LogP contribution < -0.4 is 5.46 Å². The zero-order valence-electron chi connectivity index (χ0n) is 20.3. The fourth-order valence-corrected chi connectivity index (χ4v) is 5.68. The van der Waals surface area contributed by atoms with Gasteiger partial charge in [-0.2, -0.15) is 0 Å². The number of benzene rings is 1. The number of ketones is 1. The van der Waals surface area contributed by atoms with E-state index in [4.69, 9.17) is 9.31 Å². The second-order valence-electron chi connectivity index (χ2n) is 11.0. The van der Waals surface area contributed by atoms with Crippen LogP contribution in [0.4, 0.5) is 0 Å². The lowest BCUT2D eigenvalue weighted by Crippen LogP contribution is -2.52. The zero-order chi connectivity index (χ0) is 23.2. The van der Waals surface area contributed by atoms with Crippen LogP contribution in [0, 0.1) is 5.92 Å². The van der Waals surface area contributed by atoms with E-state index in [9.17, 15) is 4.79 Å². The molecule has 4 heterocycles. The maximum Gasteiger partial charge on any atom is 0.496 e. The van der Waals surface area contributed by atoms with Crippen molar-refractivity contribution in [1.29, 1.82) is 0 Å². The van der Waals surface area contributed by atoms with Gasteiger partial charge in [0.1, 0.15) is 0 Å². The molecule has 0 aliphatic carbocycles. The fourth-order valence-electron chi connectivity index (χ4n) is 5.68. The molecule has 0 radical (unpaired) electrons. The second kappa shape index (κ2) is 8.64. The van der Waals surface area contributed by atoms with Crippen LogP contribution in [-0.2, 0) is 15.9 Å². The van der Waals surface area contributed by atoms with E-state index < -0.39 is 18.3 Å². The third kappa shape index (κ3) is 4.41. The monoisotopic (exact) mass is 446 g/mol. The number of nitrogens with zero attached hydrogens (tertiary/aromatic N) is 2. The number of carbonyl (C=O) groups is 1. The molecule has 3 aliphatic heterocycles. The van der Waals surface area contributed by atoms with Gasteiger partial charge in [0.05, 0.1) is 11.2 Å². The molecule has 3 fully saturated rings. The van der Waals surface area contributed by atoms with Gasteiger partial charge in [0.15, 0.2) is 5.78 Å². The van der Waals surface area contributed by atoms with Crippen molar-refractivity contribution in [3.05, 3.63) is 59.9 Å². The van der Waals surface area contributed by atoms with Crippen LogP contribution in [-0.4, -0.2) is 46.1 Å². The van der Waals surface area contributed by atoms with E-state index in [1.807, 2.05) is 33.8 Å². The predicted molar refractivity (Wildman–Crippen MR) is 130 cm³/mol. The SMILES string of the molecule is CC1(C)OB(c2cncc(C(=O)C3CC4CCCC(C3)N4Cc3ccccc3)c2)OC1(C)C. The molecule has 2 aromatic rings. The van der Waals surface area contributed by atoms with Crippen molar-refractivity contribution < 1.29 is 14.1 Å². The van der Waals surface area contributed by atoms with Gasteiger partial charge in [0.2, 0.25) is 0 Å². The van der Waals surface area contributed by atoms with Crippen LogP contribution in [0.3, 0.4) is 0 Å². The third-order valence-corrected chi connectivity index (χ3v) is 8.27. The van der Waals surface area contributed by atoms with Crippen molar-refractivity contribution in [3.63, 3.8) is 0 Å². The number of Topliss-reactive ketones (excluding diaryl/α,β-unsaturated/α-hetero) is 1. The molecule has 0 N–H and O–H groups in total. The minimum atomic E-state index is -0.498. The number of hydrogen-bond donors (Lipinski definition) is 0. The lowest BCUT2D eigenvalue weighted by Gasteiger charge is -2.48. The molecule has 174 valence electrons. The molecule has 2 unspecified atom stereocenters. The molecule has 3 saturated heterocycles. The van der Waals surface area contributed by atoms with Gasteiger partial charge < -0.3 is 9.31 Å². The quantitative estimate of drug-likeness (QED) is 0.504. The Morgan fingerprint density at radius 1 is 1.03 bits per heavy atom. The first-order valence-electron chi connectivity index (χ1n) is 12.4. The van der Waals surface area contributed by atoms with E-state index in [1.54, 1.807) is 12.4 Å². The normalized spacial score (nSPS) is 28.6. The summed E-state index contributed by atoms with van der Waals surface area (Å²) in [7, 11) is -0.498. The molecule has 1 aromatic heterocycles. The number of piperidine rings is 2. The molecule has 5 nitrogen and oxygen atoms in total. The molecule has 2 bridgehead atoms. The molecular weight excluding hydrogens is 411 g/mol. The Morgan fingerprint density at radius 2 is 1.67 bits per heavy atom. The van der Waals surface area contributed by atoms with E-state index in [0.29, 0.717) is 17.6 Å². The molecular formula is C27H35BN2O3. The second-order valence-corrected chi connectivity index (χ2v) is 11.0.